The largest absolute Gasteiger partial charge is 0.379 e. The third-order valence-corrected chi connectivity index (χ3v) is 3.72. The van der Waals surface area contributed by atoms with E-state index in [1.807, 2.05) is 4.90 Å². The van der Waals surface area contributed by atoms with E-state index in [0.717, 1.165) is 18.7 Å². The van der Waals surface area contributed by atoms with Gasteiger partial charge in [-0.1, -0.05) is 0 Å². The van der Waals surface area contributed by atoms with Crippen LogP contribution in [0.1, 0.15) is 18.4 Å². The van der Waals surface area contributed by atoms with Crippen LogP contribution in [-0.2, 0) is 16.0 Å². The van der Waals surface area contributed by atoms with Gasteiger partial charge in [-0.05, 0) is 18.4 Å². The van der Waals surface area contributed by atoms with Crippen LogP contribution in [-0.4, -0.2) is 47.1 Å². The van der Waals surface area contributed by atoms with Gasteiger partial charge in [0.2, 0.25) is 5.91 Å². The maximum atomic E-state index is 12.3. The zero-order chi connectivity index (χ0) is 12.4. The van der Waals surface area contributed by atoms with Gasteiger partial charge in [-0.15, -0.1) is 0 Å². The smallest absolute Gasteiger partial charge is 0.227 e. The molecule has 0 bridgehead atoms. The van der Waals surface area contributed by atoms with Gasteiger partial charge >= 0.3 is 0 Å². The molecule has 1 spiro atoms. The molecular formula is C13H17N3O2. The minimum absolute atomic E-state index is 0.154. The van der Waals surface area contributed by atoms with Crippen LogP contribution in [0.5, 0.6) is 0 Å². The fourth-order valence-corrected chi connectivity index (χ4v) is 2.39. The van der Waals surface area contributed by atoms with Crippen molar-refractivity contribution in [3.8, 4) is 0 Å². The fraction of sp³-hybridized carbons (Fsp3) is 0.615. The predicted octanol–water partition coefficient (Wildman–Crippen LogP) is 0.658. The summed E-state index contributed by atoms with van der Waals surface area (Å²) in [6, 6.07) is 0. The molecule has 2 aliphatic rings. The van der Waals surface area contributed by atoms with E-state index in [-0.39, 0.29) is 11.3 Å². The molecule has 0 atom stereocenters. The van der Waals surface area contributed by atoms with Gasteiger partial charge in [-0.25, -0.2) is 9.97 Å². The Balaban J connectivity index is 1.64. The van der Waals surface area contributed by atoms with Crippen molar-refractivity contribution >= 4 is 5.91 Å². The molecule has 2 fully saturated rings. The third-order valence-electron chi connectivity index (χ3n) is 3.72. The summed E-state index contributed by atoms with van der Waals surface area (Å²) in [5.74, 6) is 0.154. The van der Waals surface area contributed by atoms with Gasteiger partial charge < -0.3 is 9.64 Å². The maximum Gasteiger partial charge on any atom is 0.227 e. The Morgan fingerprint density at radius 3 is 2.89 bits per heavy atom. The molecule has 1 aromatic rings. The number of rotatable bonds is 2. The fourth-order valence-electron chi connectivity index (χ4n) is 2.39. The zero-order valence-electron chi connectivity index (χ0n) is 10.3. The summed E-state index contributed by atoms with van der Waals surface area (Å²) in [6.07, 6.45) is 7.64. The standard InChI is InChI=1S/C13H17N3O2/c17-12(5-11-6-14-10-15-7-11)16-3-4-18-9-13(8-16)1-2-13/h6-7,10H,1-5,8-9H2. The van der Waals surface area contributed by atoms with Crippen molar-refractivity contribution in [2.45, 2.75) is 19.3 Å². The van der Waals surface area contributed by atoms with E-state index in [9.17, 15) is 4.79 Å². The molecular weight excluding hydrogens is 230 g/mol. The Morgan fingerprint density at radius 1 is 1.39 bits per heavy atom. The first-order valence-corrected chi connectivity index (χ1v) is 6.37. The number of hydrogen-bond donors (Lipinski definition) is 0. The molecule has 18 heavy (non-hydrogen) atoms. The summed E-state index contributed by atoms with van der Waals surface area (Å²) >= 11 is 0. The number of amides is 1. The second-order valence-electron chi connectivity index (χ2n) is 5.29. The SMILES string of the molecule is O=C(Cc1cncnc1)N1CCOCC2(CC2)C1. The number of carbonyl (C=O) groups is 1. The molecule has 2 heterocycles. The lowest BCUT2D eigenvalue weighted by Crippen LogP contribution is -2.37. The first kappa shape index (κ1) is 11.6. The van der Waals surface area contributed by atoms with Crippen molar-refractivity contribution in [3.63, 3.8) is 0 Å². The highest BCUT2D eigenvalue weighted by molar-refractivity contribution is 5.78. The summed E-state index contributed by atoms with van der Waals surface area (Å²) in [7, 11) is 0. The zero-order valence-corrected chi connectivity index (χ0v) is 10.3. The van der Waals surface area contributed by atoms with E-state index in [1.54, 1.807) is 12.4 Å². The monoisotopic (exact) mass is 247 g/mol. The Morgan fingerprint density at radius 2 is 2.17 bits per heavy atom. The Bertz CT molecular complexity index is 431. The van der Waals surface area contributed by atoms with Crippen molar-refractivity contribution in [3.05, 3.63) is 24.3 Å². The second kappa shape index (κ2) is 4.65. The molecule has 0 radical (unpaired) electrons. The van der Waals surface area contributed by atoms with E-state index in [0.29, 0.717) is 19.6 Å². The number of ether oxygens (including phenoxy) is 1. The van der Waals surface area contributed by atoms with Crippen molar-refractivity contribution in [2.24, 2.45) is 5.41 Å². The highest BCUT2D eigenvalue weighted by Gasteiger charge is 2.46. The van der Waals surface area contributed by atoms with Gasteiger partial charge in [0.05, 0.1) is 19.6 Å². The summed E-state index contributed by atoms with van der Waals surface area (Å²) in [5.41, 5.74) is 1.14. The van der Waals surface area contributed by atoms with Gasteiger partial charge in [0.25, 0.3) is 0 Å². The average Bonchev–Trinajstić information content (AvgIpc) is 3.18. The Hall–Kier alpha value is -1.49. The van der Waals surface area contributed by atoms with Gasteiger partial charge in [-0.3, -0.25) is 4.79 Å². The lowest BCUT2D eigenvalue weighted by Gasteiger charge is -2.23. The summed E-state index contributed by atoms with van der Waals surface area (Å²) in [5, 5.41) is 0. The average molecular weight is 247 g/mol. The molecule has 96 valence electrons. The van der Waals surface area contributed by atoms with Crippen LogP contribution in [0.3, 0.4) is 0 Å². The lowest BCUT2D eigenvalue weighted by atomic mass is 10.1. The Kier molecular flexibility index (Phi) is 2.99. The summed E-state index contributed by atoms with van der Waals surface area (Å²) < 4.78 is 5.58. The molecule has 5 heteroatoms. The van der Waals surface area contributed by atoms with Crippen molar-refractivity contribution in [1.29, 1.82) is 0 Å². The molecule has 3 rings (SSSR count). The summed E-state index contributed by atoms with van der Waals surface area (Å²) in [6.45, 7) is 3.01. The number of carbonyl (C=O) groups excluding carboxylic acids is 1. The van der Waals surface area contributed by atoms with Crippen LogP contribution in [0.15, 0.2) is 18.7 Å². The minimum Gasteiger partial charge on any atom is -0.379 e. The van der Waals surface area contributed by atoms with E-state index in [2.05, 4.69) is 9.97 Å². The quantitative estimate of drug-likeness (QED) is 0.770. The first-order valence-electron chi connectivity index (χ1n) is 6.37. The minimum atomic E-state index is 0.154. The highest BCUT2D eigenvalue weighted by atomic mass is 16.5. The van der Waals surface area contributed by atoms with Crippen molar-refractivity contribution in [1.82, 2.24) is 14.9 Å². The van der Waals surface area contributed by atoms with E-state index >= 15 is 0 Å². The van der Waals surface area contributed by atoms with Crippen LogP contribution in [0, 0.1) is 5.41 Å². The van der Waals surface area contributed by atoms with Gasteiger partial charge in [0.1, 0.15) is 6.33 Å². The van der Waals surface area contributed by atoms with Crippen molar-refractivity contribution in [2.75, 3.05) is 26.3 Å². The number of hydrogen-bond acceptors (Lipinski definition) is 4. The van der Waals surface area contributed by atoms with E-state index < -0.39 is 0 Å². The maximum absolute atomic E-state index is 12.3. The number of nitrogens with zero attached hydrogens (tertiary/aromatic N) is 3. The highest BCUT2D eigenvalue weighted by Crippen LogP contribution is 2.47. The second-order valence-corrected chi connectivity index (χ2v) is 5.29. The summed E-state index contributed by atoms with van der Waals surface area (Å²) in [4.78, 5) is 22.1. The van der Waals surface area contributed by atoms with Gasteiger partial charge in [-0.2, -0.15) is 0 Å². The molecule has 0 aromatic carbocycles. The molecule has 5 nitrogen and oxygen atoms in total. The molecule has 1 aliphatic carbocycles. The van der Waals surface area contributed by atoms with Crippen LogP contribution in [0.2, 0.25) is 0 Å². The van der Waals surface area contributed by atoms with Crippen LogP contribution >= 0.6 is 0 Å². The van der Waals surface area contributed by atoms with Gasteiger partial charge in [0, 0.05) is 30.9 Å². The first-order chi connectivity index (χ1) is 8.77. The molecule has 0 N–H and O–H groups in total. The van der Waals surface area contributed by atoms with Crippen LogP contribution in [0.4, 0.5) is 0 Å². The predicted molar refractivity (Wildman–Crippen MR) is 64.8 cm³/mol. The lowest BCUT2D eigenvalue weighted by molar-refractivity contribution is -0.131. The molecule has 1 saturated carbocycles. The molecule has 0 unspecified atom stereocenters. The molecule has 1 aliphatic heterocycles. The molecule has 1 saturated heterocycles. The Labute approximate surface area is 106 Å². The molecule has 1 aromatic heterocycles. The van der Waals surface area contributed by atoms with Crippen LogP contribution < -0.4 is 0 Å². The van der Waals surface area contributed by atoms with E-state index in [4.69, 9.17) is 4.74 Å². The van der Waals surface area contributed by atoms with Crippen LogP contribution in [0.25, 0.3) is 0 Å². The van der Waals surface area contributed by atoms with Gasteiger partial charge in [0.15, 0.2) is 0 Å². The number of aromatic nitrogens is 2. The third kappa shape index (κ3) is 2.51. The normalized spacial score (nSPS) is 21.7. The molecule has 1 amide bonds. The topological polar surface area (TPSA) is 55.3 Å². The van der Waals surface area contributed by atoms with Crippen molar-refractivity contribution < 1.29 is 9.53 Å². The van der Waals surface area contributed by atoms with E-state index in [1.165, 1.54) is 19.2 Å².